The predicted octanol–water partition coefficient (Wildman–Crippen LogP) is 8.01. The molecule has 0 radical (unpaired) electrons. The van der Waals surface area contributed by atoms with Gasteiger partial charge in [-0.2, -0.15) is 0 Å². The minimum Gasteiger partial charge on any atom is -0.444 e. The highest BCUT2D eigenvalue weighted by molar-refractivity contribution is 5.98. The van der Waals surface area contributed by atoms with E-state index >= 15 is 0 Å². The van der Waals surface area contributed by atoms with Gasteiger partial charge >= 0.3 is 6.09 Å². The molecule has 1 aliphatic rings. The van der Waals surface area contributed by atoms with Crippen LogP contribution in [-0.2, 0) is 14.9 Å². The number of nitrogens with one attached hydrogen (secondary N) is 2. The fourth-order valence-electron chi connectivity index (χ4n) is 5.44. The zero-order valence-electron chi connectivity index (χ0n) is 26.1. The van der Waals surface area contributed by atoms with Gasteiger partial charge in [0.05, 0.1) is 17.5 Å². The van der Waals surface area contributed by atoms with Gasteiger partial charge in [0.25, 0.3) is 5.91 Å². The highest BCUT2D eigenvalue weighted by Crippen LogP contribution is 2.39. The minimum absolute atomic E-state index is 0.00893. The summed E-state index contributed by atoms with van der Waals surface area (Å²) in [5.74, 6) is -1.85. The molecule has 1 saturated heterocycles. The van der Waals surface area contributed by atoms with Crippen LogP contribution in [0.4, 0.5) is 20.6 Å². The number of nitrogens with zero attached hydrogens (tertiary/aromatic N) is 1. The van der Waals surface area contributed by atoms with Crippen molar-refractivity contribution in [3.05, 3.63) is 94.8 Å². The molecule has 2 unspecified atom stereocenters. The Kier molecular flexibility index (Phi) is 9.28. The molecule has 1 heterocycles. The number of likely N-dealkylation sites (tertiary alicyclic amines) is 1. The first-order valence-electron chi connectivity index (χ1n) is 14.7. The summed E-state index contributed by atoms with van der Waals surface area (Å²) in [7, 11) is 0. The van der Waals surface area contributed by atoms with Crippen LogP contribution in [0.2, 0.25) is 0 Å². The van der Waals surface area contributed by atoms with Gasteiger partial charge in [0.2, 0.25) is 5.91 Å². The second-order valence-electron chi connectivity index (χ2n) is 13.2. The van der Waals surface area contributed by atoms with Gasteiger partial charge in [0.1, 0.15) is 11.4 Å². The van der Waals surface area contributed by atoms with Gasteiger partial charge in [-0.1, -0.05) is 57.2 Å². The fraction of sp³-hybridized carbons (Fsp3) is 0.400. The Balaban J connectivity index is 1.68. The van der Waals surface area contributed by atoms with E-state index in [0.29, 0.717) is 41.9 Å². The van der Waals surface area contributed by atoms with Gasteiger partial charge in [-0.15, -0.1) is 0 Å². The van der Waals surface area contributed by atoms with Crippen LogP contribution in [0, 0.1) is 18.7 Å². The van der Waals surface area contributed by atoms with E-state index in [-0.39, 0.29) is 16.9 Å². The molecule has 228 valence electrons. The molecule has 3 aromatic carbocycles. The molecule has 0 bridgehead atoms. The van der Waals surface area contributed by atoms with Gasteiger partial charge < -0.3 is 15.0 Å². The summed E-state index contributed by atoms with van der Waals surface area (Å²) in [6.45, 7) is 13.8. The molecule has 1 fully saturated rings. The van der Waals surface area contributed by atoms with Crippen LogP contribution in [0.1, 0.15) is 87.5 Å². The highest BCUT2D eigenvalue weighted by Gasteiger charge is 2.40. The number of benzene rings is 3. The maximum Gasteiger partial charge on any atom is 0.412 e. The molecule has 0 spiro atoms. The minimum atomic E-state index is -0.651. The van der Waals surface area contributed by atoms with E-state index in [1.165, 1.54) is 6.07 Å². The van der Waals surface area contributed by atoms with E-state index in [4.69, 9.17) is 4.74 Å². The Bertz CT molecular complexity index is 1470. The Labute approximate surface area is 253 Å². The lowest BCUT2D eigenvalue weighted by Gasteiger charge is -2.41. The van der Waals surface area contributed by atoms with E-state index in [1.54, 1.807) is 69.0 Å². The van der Waals surface area contributed by atoms with Gasteiger partial charge in [0, 0.05) is 17.9 Å². The van der Waals surface area contributed by atoms with Crippen molar-refractivity contribution in [2.75, 3.05) is 17.2 Å². The first-order chi connectivity index (χ1) is 20.1. The number of carbonyl (C=O) groups excluding carboxylic acids is 3. The molecular formula is C35H42FN3O4. The third kappa shape index (κ3) is 7.80. The summed E-state index contributed by atoms with van der Waals surface area (Å²) >= 11 is 0. The Morgan fingerprint density at radius 3 is 2.19 bits per heavy atom. The summed E-state index contributed by atoms with van der Waals surface area (Å²) < 4.78 is 20.3. The number of amides is 3. The van der Waals surface area contributed by atoms with Crippen LogP contribution in [0.3, 0.4) is 0 Å². The SMILES string of the molecule is Cc1cccc(F)c1C(=O)N1CCCC(C(=O)Nc2cccc(C(C)(C)C)c2)C1c1ccc(NC(=O)OC(C)(C)C)cc1. The van der Waals surface area contributed by atoms with Crippen molar-refractivity contribution < 1.29 is 23.5 Å². The Morgan fingerprint density at radius 2 is 1.56 bits per heavy atom. The van der Waals surface area contributed by atoms with Crippen LogP contribution < -0.4 is 10.6 Å². The van der Waals surface area contributed by atoms with Crippen molar-refractivity contribution in [2.24, 2.45) is 5.92 Å². The van der Waals surface area contributed by atoms with Crippen molar-refractivity contribution in [2.45, 2.75) is 78.4 Å². The number of aryl methyl sites for hydroxylation is 1. The van der Waals surface area contributed by atoms with Gasteiger partial charge in [0.15, 0.2) is 0 Å². The van der Waals surface area contributed by atoms with Gasteiger partial charge in [-0.25, -0.2) is 9.18 Å². The number of anilines is 2. The topological polar surface area (TPSA) is 87.7 Å². The molecule has 0 aliphatic carbocycles. The lowest BCUT2D eigenvalue weighted by molar-refractivity contribution is -0.123. The van der Waals surface area contributed by atoms with Crippen LogP contribution in [0.25, 0.3) is 0 Å². The molecule has 8 heteroatoms. The maximum absolute atomic E-state index is 15.0. The third-order valence-corrected chi connectivity index (χ3v) is 7.56. The van der Waals surface area contributed by atoms with Crippen molar-refractivity contribution in [3.63, 3.8) is 0 Å². The molecule has 3 amide bonds. The molecule has 3 aromatic rings. The number of rotatable bonds is 5. The highest BCUT2D eigenvalue weighted by atomic mass is 19.1. The monoisotopic (exact) mass is 587 g/mol. The number of halogens is 1. The summed E-state index contributed by atoms with van der Waals surface area (Å²) in [6, 6.07) is 18.7. The fourth-order valence-corrected chi connectivity index (χ4v) is 5.44. The molecule has 1 aliphatic heterocycles. The summed E-state index contributed by atoms with van der Waals surface area (Å²) in [5.41, 5.74) is 2.79. The predicted molar refractivity (Wildman–Crippen MR) is 168 cm³/mol. The van der Waals surface area contributed by atoms with Crippen LogP contribution in [0.15, 0.2) is 66.7 Å². The lowest BCUT2D eigenvalue weighted by Crippen LogP contribution is -2.46. The lowest BCUT2D eigenvalue weighted by atomic mass is 9.83. The van der Waals surface area contributed by atoms with Crippen LogP contribution >= 0.6 is 0 Å². The van der Waals surface area contributed by atoms with Crippen molar-refractivity contribution in [1.82, 2.24) is 4.90 Å². The number of hydrogen-bond acceptors (Lipinski definition) is 4. The van der Waals surface area contributed by atoms with Crippen molar-refractivity contribution >= 4 is 29.3 Å². The van der Waals surface area contributed by atoms with Crippen molar-refractivity contribution in [3.8, 4) is 0 Å². The van der Waals surface area contributed by atoms with E-state index in [2.05, 4.69) is 31.4 Å². The number of ether oxygens (including phenoxy) is 1. The van der Waals surface area contributed by atoms with Crippen molar-refractivity contribution in [1.29, 1.82) is 0 Å². The maximum atomic E-state index is 15.0. The second-order valence-corrected chi connectivity index (χ2v) is 13.2. The number of hydrogen-bond donors (Lipinski definition) is 2. The van der Waals surface area contributed by atoms with Crippen LogP contribution in [0.5, 0.6) is 0 Å². The first-order valence-corrected chi connectivity index (χ1v) is 14.7. The number of piperidine rings is 1. The summed E-state index contributed by atoms with van der Waals surface area (Å²) in [6.07, 6.45) is 0.557. The molecular weight excluding hydrogens is 545 g/mol. The zero-order valence-corrected chi connectivity index (χ0v) is 26.1. The van der Waals surface area contributed by atoms with E-state index in [9.17, 15) is 18.8 Å². The molecule has 0 saturated carbocycles. The largest absolute Gasteiger partial charge is 0.444 e. The molecule has 43 heavy (non-hydrogen) atoms. The number of carbonyl (C=O) groups is 3. The zero-order chi connectivity index (χ0) is 31.5. The molecule has 7 nitrogen and oxygen atoms in total. The Hall–Kier alpha value is -4.20. The third-order valence-electron chi connectivity index (χ3n) is 7.56. The second kappa shape index (κ2) is 12.6. The quantitative estimate of drug-likeness (QED) is 0.317. The average Bonchev–Trinajstić information content (AvgIpc) is 2.91. The molecule has 2 N–H and O–H groups in total. The normalized spacial score (nSPS) is 17.3. The molecule has 2 atom stereocenters. The average molecular weight is 588 g/mol. The smallest absolute Gasteiger partial charge is 0.412 e. The van der Waals surface area contributed by atoms with E-state index < -0.39 is 35.4 Å². The molecule has 4 rings (SSSR count). The first kappa shape index (κ1) is 31.7. The van der Waals surface area contributed by atoms with Gasteiger partial charge in [-0.3, -0.25) is 14.9 Å². The van der Waals surface area contributed by atoms with E-state index in [1.807, 2.05) is 24.3 Å². The summed E-state index contributed by atoms with van der Waals surface area (Å²) in [5, 5.41) is 5.80. The standard InChI is InChI=1S/C35H42FN3O4/c1-22-11-8-15-28(36)29(22)32(41)39-20-10-14-27(31(40)37-26-13-9-12-24(21-26)34(2,3)4)30(39)23-16-18-25(19-17-23)38-33(42)43-35(5,6)7/h8-9,11-13,15-19,21,27,30H,10,14,20H2,1-7H3,(H,37,40)(H,38,42). The summed E-state index contributed by atoms with van der Waals surface area (Å²) in [4.78, 5) is 41.7. The molecule has 0 aromatic heterocycles. The van der Waals surface area contributed by atoms with Gasteiger partial charge in [-0.05, 0) is 93.0 Å². The Morgan fingerprint density at radius 1 is 0.884 bits per heavy atom. The van der Waals surface area contributed by atoms with Crippen LogP contribution in [-0.4, -0.2) is 35.0 Å². The van der Waals surface area contributed by atoms with E-state index in [0.717, 1.165) is 5.56 Å².